The van der Waals surface area contributed by atoms with Crippen LogP contribution in [0.4, 0.5) is 26.2 Å². The van der Waals surface area contributed by atoms with Crippen molar-refractivity contribution < 1.29 is 18.0 Å². The van der Waals surface area contributed by atoms with Crippen molar-refractivity contribution >= 4 is 23.3 Å². The average Bonchev–Trinajstić information content (AvgIpc) is 3.36. The molecule has 1 saturated carbocycles. The van der Waals surface area contributed by atoms with Gasteiger partial charge in [-0.05, 0) is 49.7 Å². The number of nitrogens with zero attached hydrogens (tertiary/aromatic N) is 3. The minimum Gasteiger partial charge on any atom is -0.428 e. The summed E-state index contributed by atoms with van der Waals surface area (Å²) in [5.41, 5.74) is 0.253. The van der Waals surface area contributed by atoms with Gasteiger partial charge in [-0.15, -0.1) is 0 Å². The van der Waals surface area contributed by atoms with Crippen molar-refractivity contribution in [2.75, 3.05) is 41.3 Å². The molecule has 2 aromatic rings. The summed E-state index contributed by atoms with van der Waals surface area (Å²) in [6.07, 6.45) is 4.95. The van der Waals surface area contributed by atoms with E-state index < -0.39 is 17.5 Å². The van der Waals surface area contributed by atoms with Crippen LogP contribution >= 0.6 is 0 Å². The van der Waals surface area contributed by atoms with Crippen molar-refractivity contribution in [1.82, 2.24) is 4.98 Å². The van der Waals surface area contributed by atoms with Crippen molar-refractivity contribution in [1.29, 1.82) is 0 Å². The zero-order valence-corrected chi connectivity index (χ0v) is 17.1. The van der Waals surface area contributed by atoms with Gasteiger partial charge in [-0.1, -0.05) is 6.92 Å². The third kappa shape index (κ3) is 3.42. The number of oxazole rings is 1. The van der Waals surface area contributed by atoms with Crippen LogP contribution in [0.15, 0.2) is 16.5 Å². The first-order valence-corrected chi connectivity index (χ1v) is 10.8. The number of benzene rings is 1. The number of carbonyl (C=O) groups is 1. The molecule has 6 rings (SSSR count). The highest BCUT2D eigenvalue weighted by atomic mass is 19.1. The number of aryl methyl sites for hydroxylation is 1. The monoisotopic (exact) mass is 416 g/mol. The van der Waals surface area contributed by atoms with Gasteiger partial charge in [-0.2, -0.15) is 4.98 Å². The molecule has 4 fully saturated rings. The second kappa shape index (κ2) is 7.56. The van der Waals surface area contributed by atoms with Gasteiger partial charge >= 0.3 is 0 Å². The molecule has 3 saturated heterocycles. The van der Waals surface area contributed by atoms with E-state index in [-0.39, 0.29) is 17.1 Å². The summed E-state index contributed by atoms with van der Waals surface area (Å²) < 4.78 is 35.3. The molecule has 1 aromatic heterocycles. The molecule has 1 aromatic carbocycles. The number of anilines is 3. The lowest BCUT2D eigenvalue weighted by Gasteiger charge is -2.48. The van der Waals surface area contributed by atoms with E-state index in [4.69, 9.17) is 4.42 Å². The molecule has 4 aliphatic rings. The van der Waals surface area contributed by atoms with Gasteiger partial charge in [-0.25, -0.2) is 8.78 Å². The summed E-state index contributed by atoms with van der Waals surface area (Å²) >= 11 is 0. The Hall–Kier alpha value is -2.64. The van der Waals surface area contributed by atoms with E-state index in [0.29, 0.717) is 43.1 Å². The van der Waals surface area contributed by atoms with Gasteiger partial charge in [0.2, 0.25) is 0 Å². The van der Waals surface area contributed by atoms with Crippen LogP contribution in [0.3, 0.4) is 0 Å². The Kier molecular flexibility index (Phi) is 4.87. The van der Waals surface area contributed by atoms with Crippen LogP contribution in [0.5, 0.6) is 0 Å². The van der Waals surface area contributed by atoms with Gasteiger partial charge in [0.25, 0.3) is 11.9 Å². The third-order valence-corrected chi connectivity index (χ3v) is 6.48. The lowest BCUT2D eigenvalue weighted by atomic mass is 9.71. The molecule has 0 unspecified atom stereocenters. The molecule has 2 bridgehead atoms. The number of aromatic nitrogens is 1. The van der Waals surface area contributed by atoms with Gasteiger partial charge in [-0.3, -0.25) is 4.79 Å². The molecule has 1 N–H and O–H groups in total. The topological polar surface area (TPSA) is 61.6 Å². The van der Waals surface area contributed by atoms with E-state index in [2.05, 4.69) is 10.3 Å². The molecule has 8 heteroatoms. The zero-order valence-electron chi connectivity index (χ0n) is 17.1. The quantitative estimate of drug-likeness (QED) is 0.791. The molecular formula is C22H26F2N4O2. The minimum atomic E-state index is -0.653. The van der Waals surface area contributed by atoms with Crippen molar-refractivity contribution in [3.05, 3.63) is 35.2 Å². The first-order valence-electron chi connectivity index (χ1n) is 10.8. The van der Waals surface area contributed by atoms with Crippen LogP contribution in [0.2, 0.25) is 0 Å². The van der Waals surface area contributed by atoms with Crippen molar-refractivity contribution in [3.63, 3.8) is 0 Å². The second-order valence-electron chi connectivity index (χ2n) is 8.67. The molecule has 0 radical (unpaired) electrons. The number of hydrogen-bond acceptors (Lipinski definition) is 5. The van der Waals surface area contributed by atoms with E-state index in [9.17, 15) is 13.6 Å². The predicted octanol–water partition coefficient (Wildman–Crippen LogP) is 4.21. The lowest BCUT2D eigenvalue weighted by molar-refractivity contribution is 0.102. The Morgan fingerprint density at radius 2 is 1.77 bits per heavy atom. The van der Waals surface area contributed by atoms with Gasteiger partial charge in [0.1, 0.15) is 11.4 Å². The van der Waals surface area contributed by atoms with Crippen molar-refractivity contribution in [2.24, 2.45) is 11.8 Å². The highest BCUT2D eigenvalue weighted by Crippen LogP contribution is 2.42. The Balaban J connectivity index is 1.35. The Morgan fingerprint density at radius 3 is 2.37 bits per heavy atom. The summed E-state index contributed by atoms with van der Waals surface area (Å²) in [4.78, 5) is 20.9. The second-order valence-corrected chi connectivity index (χ2v) is 8.67. The van der Waals surface area contributed by atoms with Crippen LogP contribution in [-0.2, 0) is 6.42 Å². The Bertz CT molecular complexity index is 931. The number of fused-ring (bicyclic) bond motifs is 2. The van der Waals surface area contributed by atoms with Crippen LogP contribution in [0, 0.1) is 23.5 Å². The molecule has 6 nitrogen and oxygen atoms in total. The highest BCUT2D eigenvalue weighted by Gasteiger charge is 2.38. The normalized spacial score (nSPS) is 22.9. The summed E-state index contributed by atoms with van der Waals surface area (Å²) in [6, 6.07) is 2.80. The number of nitrogens with one attached hydrogen (secondary N) is 1. The number of halogens is 2. The maximum Gasteiger partial charge on any atom is 0.298 e. The molecule has 4 heterocycles. The van der Waals surface area contributed by atoms with E-state index in [1.807, 2.05) is 11.8 Å². The number of rotatable bonds is 5. The van der Waals surface area contributed by atoms with Crippen LogP contribution in [-0.4, -0.2) is 37.1 Å². The first-order chi connectivity index (χ1) is 14.5. The molecule has 160 valence electrons. The van der Waals surface area contributed by atoms with Gasteiger partial charge < -0.3 is 19.5 Å². The first kappa shape index (κ1) is 19.3. The fourth-order valence-electron chi connectivity index (χ4n) is 4.98. The summed E-state index contributed by atoms with van der Waals surface area (Å²) in [5.74, 6) is -0.288. The molecular weight excluding hydrogens is 390 g/mol. The third-order valence-electron chi connectivity index (χ3n) is 6.48. The molecule has 1 amide bonds. The molecule has 3 aliphatic heterocycles. The number of hydrogen-bond donors (Lipinski definition) is 1. The fourth-order valence-corrected chi connectivity index (χ4v) is 4.98. The zero-order chi connectivity index (χ0) is 20.8. The maximum absolute atomic E-state index is 14.8. The number of amides is 1. The van der Waals surface area contributed by atoms with E-state index in [1.54, 1.807) is 4.90 Å². The van der Waals surface area contributed by atoms with Gasteiger partial charge in [0.15, 0.2) is 17.3 Å². The van der Waals surface area contributed by atoms with Crippen molar-refractivity contribution in [2.45, 2.75) is 39.0 Å². The molecule has 0 spiro atoms. The van der Waals surface area contributed by atoms with Crippen LogP contribution in [0.1, 0.15) is 48.9 Å². The highest BCUT2D eigenvalue weighted by molar-refractivity contribution is 6.03. The SMILES string of the molecule is CCc1oc(N2CCCC2)nc1C(=O)Nc1cc(F)c(N2CC3CC(C3)C2)c(F)c1. The molecule has 0 atom stereocenters. The lowest BCUT2D eigenvalue weighted by Crippen LogP contribution is -2.49. The largest absolute Gasteiger partial charge is 0.428 e. The van der Waals surface area contributed by atoms with Gasteiger partial charge in [0.05, 0.1) is 0 Å². The fraction of sp³-hybridized carbons (Fsp3) is 0.545. The minimum absolute atomic E-state index is 0.00871. The summed E-state index contributed by atoms with van der Waals surface area (Å²) in [7, 11) is 0. The van der Waals surface area contributed by atoms with Crippen LogP contribution in [0.25, 0.3) is 0 Å². The van der Waals surface area contributed by atoms with E-state index in [1.165, 1.54) is 12.1 Å². The van der Waals surface area contributed by atoms with Gasteiger partial charge in [0, 0.05) is 38.3 Å². The van der Waals surface area contributed by atoms with E-state index >= 15 is 0 Å². The number of piperidine rings is 2. The van der Waals surface area contributed by atoms with E-state index in [0.717, 1.165) is 38.8 Å². The summed E-state index contributed by atoms with van der Waals surface area (Å²) in [5, 5.41) is 2.59. The summed E-state index contributed by atoms with van der Waals surface area (Å²) in [6.45, 7) is 4.95. The maximum atomic E-state index is 14.8. The Labute approximate surface area is 174 Å². The predicted molar refractivity (Wildman–Crippen MR) is 110 cm³/mol. The molecule has 30 heavy (non-hydrogen) atoms. The Morgan fingerprint density at radius 1 is 1.13 bits per heavy atom. The van der Waals surface area contributed by atoms with Crippen LogP contribution < -0.4 is 15.1 Å². The number of carbonyl (C=O) groups excluding carboxylic acids is 1. The molecule has 1 aliphatic carbocycles. The van der Waals surface area contributed by atoms with Crippen molar-refractivity contribution in [3.8, 4) is 0 Å². The standard InChI is InChI=1S/C22H26F2N4O2/c1-2-18-19(26-22(30-18)27-5-3-4-6-27)21(29)25-15-9-16(23)20(17(24)10-15)28-11-13-7-14(8-13)12-28/h9-10,13-14H,2-8,11-12H2,1H3,(H,25,29). The smallest absolute Gasteiger partial charge is 0.298 e. The average molecular weight is 416 g/mol.